The summed E-state index contributed by atoms with van der Waals surface area (Å²) in [7, 11) is 0. The number of urea groups is 1. The second-order valence-corrected chi connectivity index (χ2v) is 3.96. The lowest BCUT2D eigenvalue weighted by Gasteiger charge is -2.30. The van der Waals surface area contributed by atoms with Crippen LogP contribution in [0.2, 0.25) is 0 Å². The molecule has 1 heterocycles. The maximum absolute atomic E-state index is 12.8. The monoisotopic (exact) mass is 236 g/mol. The second kappa shape index (κ2) is 4.53. The van der Waals surface area contributed by atoms with Crippen molar-refractivity contribution in [1.29, 1.82) is 0 Å². The van der Waals surface area contributed by atoms with Gasteiger partial charge in [0.1, 0.15) is 5.82 Å². The molecule has 0 saturated carbocycles. The van der Waals surface area contributed by atoms with Gasteiger partial charge in [0.05, 0.1) is 5.69 Å². The zero-order chi connectivity index (χ0) is 12.4. The minimum atomic E-state index is -0.445. The van der Waals surface area contributed by atoms with Gasteiger partial charge in [0, 0.05) is 12.5 Å². The minimum absolute atomic E-state index is 0.105. The first-order valence-corrected chi connectivity index (χ1v) is 5.51. The number of anilines is 1. The fraction of sp³-hybridized carbons (Fsp3) is 0.333. The first kappa shape index (κ1) is 11.6. The highest BCUT2D eigenvalue weighted by atomic mass is 19.1. The maximum Gasteiger partial charge on any atom is 0.328 e. The molecule has 3 amide bonds. The zero-order valence-electron chi connectivity index (χ0n) is 9.44. The molecule has 1 unspecified atom stereocenters. The molecule has 1 aliphatic rings. The smallest absolute Gasteiger partial charge is 0.328 e. The summed E-state index contributed by atoms with van der Waals surface area (Å²) >= 11 is 0. The predicted octanol–water partition coefficient (Wildman–Crippen LogP) is 2.05. The Kier molecular flexibility index (Phi) is 3.08. The van der Waals surface area contributed by atoms with E-state index in [0.717, 1.165) is 11.3 Å². The van der Waals surface area contributed by atoms with E-state index < -0.39 is 11.8 Å². The van der Waals surface area contributed by atoms with E-state index in [4.69, 9.17) is 0 Å². The van der Waals surface area contributed by atoms with Crippen LogP contribution in [-0.2, 0) is 4.79 Å². The highest BCUT2D eigenvalue weighted by molar-refractivity contribution is 6.16. The van der Waals surface area contributed by atoms with Crippen LogP contribution in [0.3, 0.4) is 0 Å². The fourth-order valence-electron chi connectivity index (χ4n) is 1.80. The summed E-state index contributed by atoms with van der Waals surface area (Å²) in [6.45, 7) is 1.91. The molecule has 1 N–H and O–H groups in total. The number of hydrogen-bond acceptors (Lipinski definition) is 2. The van der Waals surface area contributed by atoms with Gasteiger partial charge in [-0.05, 0) is 30.7 Å². The van der Waals surface area contributed by atoms with Gasteiger partial charge in [0.25, 0.3) is 0 Å². The van der Waals surface area contributed by atoms with Crippen LogP contribution in [0.4, 0.5) is 14.9 Å². The minimum Gasteiger partial charge on any atom is -0.334 e. The summed E-state index contributed by atoms with van der Waals surface area (Å²) in [6, 6.07) is 4.73. The predicted molar refractivity (Wildman–Crippen MR) is 61.1 cm³/mol. The van der Waals surface area contributed by atoms with Crippen LogP contribution in [0.15, 0.2) is 24.3 Å². The van der Waals surface area contributed by atoms with Gasteiger partial charge in [0.2, 0.25) is 5.91 Å². The van der Waals surface area contributed by atoms with Crippen LogP contribution in [0.25, 0.3) is 0 Å². The van der Waals surface area contributed by atoms with Crippen molar-refractivity contribution in [3.05, 3.63) is 30.1 Å². The van der Waals surface area contributed by atoms with Gasteiger partial charge < -0.3 is 5.32 Å². The number of carbonyl (C=O) groups excluding carboxylic acids is 2. The average molecular weight is 236 g/mol. The molecule has 1 aromatic carbocycles. The van der Waals surface area contributed by atoms with E-state index in [2.05, 4.69) is 5.32 Å². The van der Waals surface area contributed by atoms with Crippen LogP contribution < -0.4 is 10.2 Å². The SMILES string of the molecule is CCC1CC(=O)N(c2ccc(F)cc2)C(=O)N1. The van der Waals surface area contributed by atoms with Crippen molar-refractivity contribution in [2.75, 3.05) is 4.90 Å². The van der Waals surface area contributed by atoms with Crippen LogP contribution in [0.5, 0.6) is 0 Å². The molecule has 1 aromatic rings. The second-order valence-electron chi connectivity index (χ2n) is 3.96. The van der Waals surface area contributed by atoms with Crippen molar-refractivity contribution in [1.82, 2.24) is 5.32 Å². The molecule has 0 aliphatic carbocycles. The number of benzene rings is 1. The number of amides is 3. The third kappa shape index (κ3) is 2.27. The Morgan fingerprint density at radius 1 is 1.35 bits per heavy atom. The lowest BCUT2D eigenvalue weighted by atomic mass is 10.1. The van der Waals surface area contributed by atoms with Crippen LogP contribution in [0, 0.1) is 5.82 Å². The van der Waals surface area contributed by atoms with Crippen molar-refractivity contribution >= 4 is 17.6 Å². The third-order valence-corrected chi connectivity index (χ3v) is 2.78. The standard InChI is InChI=1S/C12H13FN2O2/c1-2-9-7-11(16)15(12(17)14-9)10-5-3-8(13)4-6-10/h3-6,9H,2,7H2,1H3,(H,14,17). The quantitative estimate of drug-likeness (QED) is 0.854. The van der Waals surface area contributed by atoms with Crippen LogP contribution in [0.1, 0.15) is 19.8 Å². The van der Waals surface area contributed by atoms with Gasteiger partial charge >= 0.3 is 6.03 Å². The topological polar surface area (TPSA) is 49.4 Å². The van der Waals surface area contributed by atoms with Crippen molar-refractivity contribution in [2.45, 2.75) is 25.8 Å². The number of nitrogens with zero attached hydrogens (tertiary/aromatic N) is 1. The summed E-state index contributed by atoms with van der Waals surface area (Å²) in [5.41, 5.74) is 0.392. The summed E-state index contributed by atoms with van der Waals surface area (Å²) < 4.78 is 12.8. The Labute approximate surface area is 98.4 Å². The van der Waals surface area contributed by atoms with Crippen molar-refractivity contribution < 1.29 is 14.0 Å². The Morgan fingerprint density at radius 3 is 2.53 bits per heavy atom. The van der Waals surface area contributed by atoms with Gasteiger partial charge in [-0.3, -0.25) is 4.79 Å². The number of halogens is 1. The largest absolute Gasteiger partial charge is 0.334 e. The van der Waals surface area contributed by atoms with Crippen molar-refractivity contribution in [2.24, 2.45) is 0 Å². The van der Waals surface area contributed by atoms with E-state index in [0.29, 0.717) is 5.69 Å². The molecule has 1 fully saturated rings. The highest BCUT2D eigenvalue weighted by Crippen LogP contribution is 2.20. The number of imide groups is 1. The lowest BCUT2D eigenvalue weighted by molar-refractivity contribution is -0.119. The van der Waals surface area contributed by atoms with Gasteiger partial charge in [-0.2, -0.15) is 0 Å². The molecule has 90 valence electrons. The highest BCUT2D eigenvalue weighted by Gasteiger charge is 2.31. The number of hydrogen-bond donors (Lipinski definition) is 1. The van der Waals surface area contributed by atoms with Crippen LogP contribution in [-0.4, -0.2) is 18.0 Å². The van der Waals surface area contributed by atoms with E-state index in [-0.39, 0.29) is 18.4 Å². The molecule has 0 aromatic heterocycles. The Hall–Kier alpha value is -1.91. The summed E-state index contributed by atoms with van der Waals surface area (Å²) in [5.74, 6) is -0.655. The van der Waals surface area contributed by atoms with Crippen molar-refractivity contribution in [3.63, 3.8) is 0 Å². The molecule has 0 radical (unpaired) electrons. The molecule has 4 nitrogen and oxygen atoms in total. The molecular formula is C12H13FN2O2. The Bertz CT molecular complexity index is 426. The number of rotatable bonds is 2. The van der Waals surface area contributed by atoms with E-state index in [1.54, 1.807) is 0 Å². The average Bonchev–Trinajstić information content (AvgIpc) is 2.30. The number of carbonyl (C=O) groups is 2. The Morgan fingerprint density at radius 2 is 2.00 bits per heavy atom. The fourth-order valence-corrected chi connectivity index (χ4v) is 1.80. The molecule has 0 bridgehead atoms. The first-order chi connectivity index (χ1) is 8.11. The summed E-state index contributed by atoms with van der Waals surface area (Å²) in [6.07, 6.45) is 0.994. The molecule has 17 heavy (non-hydrogen) atoms. The zero-order valence-corrected chi connectivity index (χ0v) is 9.44. The maximum atomic E-state index is 12.8. The molecule has 1 atom stereocenters. The Balaban J connectivity index is 2.24. The normalized spacial score (nSPS) is 20.4. The summed E-state index contributed by atoms with van der Waals surface area (Å²) in [4.78, 5) is 24.6. The third-order valence-electron chi connectivity index (χ3n) is 2.78. The summed E-state index contributed by atoms with van der Waals surface area (Å²) in [5, 5.41) is 2.73. The molecule has 2 rings (SSSR count). The van der Waals surface area contributed by atoms with E-state index >= 15 is 0 Å². The molecule has 1 aliphatic heterocycles. The number of nitrogens with one attached hydrogen (secondary N) is 1. The molecule has 0 spiro atoms. The molecule has 5 heteroatoms. The van der Waals surface area contributed by atoms with Gasteiger partial charge in [-0.1, -0.05) is 6.92 Å². The molecular weight excluding hydrogens is 223 g/mol. The van der Waals surface area contributed by atoms with Gasteiger partial charge in [-0.15, -0.1) is 0 Å². The lowest BCUT2D eigenvalue weighted by Crippen LogP contribution is -2.54. The molecule has 1 saturated heterocycles. The van der Waals surface area contributed by atoms with Crippen LogP contribution >= 0.6 is 0 Å². The van der Waals surface area contributed by atoms with E-state index in [1.807, 2.05) is 6.92 Å². The first-order valence-electron chi connectivity index (χ1n) is 5.51. The van der Waals surface area contributed by atoms with E-state index in [1.165, 1.54) is 24.3 Å². The van der Waals surface area contributed by atoms with E-state index in [9.17, 15) is 14.0 Å². The van der Waals surface area contributed by atoms with Gasteiger partial charge in [0.15, 0.2) is 0 Å². The van der Waals surface area contributed by atoms with Crippen molar-refractivity contribution in [3.8, 4) is 0 Å². The van der Waals surface area contributed by atoms with Gasteiger partial charge in [-0.25, -0.2) is 14.1 Å².